The molecule has 0 N–H and O–H groups in total. The molecule has 0 unspecified atom stereocenters. The normalized spacial score (nSPS) is 11.5. The Morgan fingerprint density at radius 3 is 1.90 bits per heavy atom. The molecule has 0 amide bonds. The van der Waals surface area contributed by atoms with E-state index < -0.39 is 0 Å². The van der Waals surface area contributed by atoms with Crippen LogP contribution in [0.3, 0.4) is 0 Å². The van der Waals surface area contributed by atoms with Gasteiger partial charge in [-0.15, -0.1) is 0 Å². The number of guanidine groups is 1. The first-order valence-electron chi connectivity index (χ1n) is 3.48. The highest BCUT2D eigenvalue weighted by atomic mass is 15.3. The van der Waals surface area contributed by atoms with E-state index in [2.05, 4.69) is 16.8 Å². The van der Waals surface area contributed by atoms with Crippen LogP contribution in [0.5, 0.6) is 0 Å². The van der Waals surface area contributed by atoms with Gasteiger partial charge < -0.3 is 9.80 Å². The molecular weight excluding hydrogens is 126 g/mol. The first kappa shape index (κ1) is 9.27. The minimum Gasteiger partial charge on any atom is -0.349 e. The number of rotatable bonds is 1. The van der Waals surface area contributed by atoms with E-state index >= 15 is 0 Å². The Morgan fingerprint density at radius 1 is 1.30 bits per heavy atom. The van der Waals surface area contributed by atoms with E-state index in [4.69, 9.17) is 0 Å². The summed E-state index contributed by atoms with van der Waals surface area (Å²) in [6.45, 7) is 3.10. The molecule has 0 aliphatic carbocycles. The van der Waals surface area contributed by atoms with Gasteiger partial charge in [0.25, 0.3) is 0 Å². The summed E-state index contributed by atoms with van der Waals surface area (Å²) in [5.41, 5.74) is 0. The lowest BCUT2D eigenvalue weighted by atomic mass is 10.6. The summed E-state index contributed by atoms with van der Waals surface area (Å²) >= 11 is 0. The highest BCUT2D eigenvalue weighted by Gasteiger charge is 2.03. The van der Waals surface area contributed by atoms with Crippen LogP contribution in [0.2, 0.25) is 0 Å². The van der Waals surface area contributed by atoms with Gasteiger partial charge in [-0.2, -0.15) is 0 Å². The van der Waals surface area contributed by atoms with Crippen LogP contribution in [0.1, 0.15) is 6.92 Å². The van der Waals surface area contributed by atoms with Gasteiger partial charge in [-0.1, -0.05) is 0 Å². The summed E-state index contributed by atoms with van der Waals surface area (Å²) < 4.78 is 0. The number of hydrogen-bond donors (Lipinski definition) is 0. The van der Waals surface area contributed by atoms with E-state index in [1.807, 2.05) is 33.1 Å². The van der Waals surface area contributed by atoms with Gasteiger partial charge >= 0.3 is 0 Å². The van der Waals surface area contributed by atoms with Crippen LogP contribution in [0.25, 0.3) is 0 Å². The van der Waals surface area contributed by atoms with Crippen molar-refractivity contribution < 1.29 is 0 Å². The fourth-order valence-electron chi connectivity index (χ4n) is 0.854. The van der Waals surface area contributed by atoms with Crippen molar-refractivity contribution in [2.75, 3.05) is 34.7 Å². The van der Waals surface area contributed by atoms with Gasteiger partial charge in [0.05, 0.1) is 0 Å². The summed E-state index contributed by atoms with van der Waals surface area (Å²) in [4.78, 5) is 8.23. The molecule has 0 fully saturated rings. The average Bonchev–Trinajstić information content (AvgIpc) is 1.88. The second-order valence-corrected chi connectivity index (χ2v) is 2.43. The summed E-state index contributed by atoms with van der Waals surface area (Å²) in [6, 6.07) is 0. The van der Waals surface area contributed by atoms with Gasteiger partial charge in [0.1, 0.15) is 0 Å². The summed E-state index contributed by atoms with van der Waals surface area (Å²) in [5, 5.41) is 0. The Balaban J connectivity index is 4.08. The van der Waals surface area contributed by atoms with Crippen LogP contribution in [0.15, 0.2) is 4.99 Å². The van der Waals surface area contributed by atoms with Gasteiger partial charge in [-0.25, -0.2) is 0 Å². The van der Waals surface area contributed by atoms with Gasteiger partial charge in [0.15, 0.2) is 5.96 Å². The second-order valence-electron chi connectivity index (χ2n) is 2.43. The van der Waals surface area contributed by atoms with Crippen molar-refractivity contribution in [3.8, 4) is 0 Å². The van der Waals surface area contributed by atoms with Crippen molar-refractivity contribution in [2.45, 2.75) is 6.92 Å². The molecule has 0 rings (SSSR count). The molecule has 3 heteroatoms. The van der Waals surface area contributed by atoms with Crippen molar-refractivity contribution >= 4 is 5.96 Å². The fraction of sp³-hybridized carbons (Fsp3) is 0.857. The number of aliphatic imine (C=N–C) groups is 1. The molecule has 0 aliphatic rings. The summed E-state index contributed by atoms with van der Waals surface area (Å²) in [7, 11) is 7.83. The Hall–Kier alpha value is -0.730. The smallest absolute Gasteiger partial charge is 0.195 e. The zero-order chi connectivity index (χ0) is 8.15. The van der Waals surface area contributed by atoms with Crippen molar-refractivity contribution in [1.29, 1.82) is 0 Å². The molecule has 0 radical (unpaired) electrons. The molecule has 0 bridgehead atoms. The molecule has 0 aromatic carbocycles. The topological polar surface area (TPSA) is 18.8 Å². The molecule has 0 heterocycles. The lowest BCUT2D eigenvalue weighted by molar-refractivity contribution is 0.440. The minimum atomic E-state index is 0.991. The Labute approximate surface area is 63.3 Å². The zero-order valence-electron chi connectivity index (χ0n) is 7.55. The van der Waals surface area contributed by atoms with E-state index in [0.29, 0.717) is 0 Å². The number of hydrogen-bond acceptors (Lipinski definition) is 1. The maximum absolute atomic E-state index is 4.13. The third kappa shape index (κ3) is 2.25. The monoisotopic (exact) mass is 143 g/mol. The molecule has 60 valence electrons. The standard InChI is InChI=1S/C7H17N3/c1-6-10(5)7(8-2)9(3)4/h6H2,1-5H3/b8-7+. The molecule has 0 atom stereocenters. The predicted octanol–water partition coefficient (Wildman–Crippen LogP) is 0.485. The molecule has 0 saturated heterocycles. The first-order chi connectivity index (χ1) is 4.63. The largest absolute Gasteiger partial charge is 0.349 e. The Morgan fingerprint density at radius 2 is 1.80 bits per heavy atom. The van der Waals surface area contributed by atoms with Gasteiger partial charge in [-0.3, -0.25) is 4.99 Å². The molecule has 0 aromatic rings. The van der Waals surface area contributed by atoms with Crippen LogP contribution in [-0.4, -0.2) is 50.5 Å². The highest BCUT2D eigenvalue weighted by Crippen LogP contribution is 1.89. The van der Waals surface area contributed by atoms with Gasteiger partial charge in [-0.05, 0) is 6.92 Å². The quantitative estimate of drug-likeness (QED) is 0.393. The molecule has 0 aliphatic heterocycles. The SMILES string of the molecule is CCN(C)/C(=N/C)N(C)C. The van der Waals surface area contributed by atoms with E-state index in [1.165, 1.54) is 0 Å². The fourth-order valence-corrected chi connectivity index (χ4v) is 0.854. The van der Waals surface area contributed by atoms with Crippen molar-refractivity contribution in [2.24, 2.45) is 4.99 Å². The van der Waals surface area contributed by atoms with Gasteiger partial charge in [0, 0.05) is 34.7 Å². The van der Waals surface area contributed by atoms with Crippen LogP contribution in [0, 0.1) is 0 Å². The first-order valence-corrected chi connectivity index (χ1v) is 3.48. The van der Waals surface area contributed by atoms with E-state index in [0.717, 1.165) is 12.5 Å². The highest BCUT2D eigenvalue weighted by molar-refractivity contribution is 5.79. The third-order valence-corrected chi connectivity index (χ3v) is 1.42. The Bertz CT molecular complexity index is 118. The molecule has 10 heavy (non-hydrogen) atoms. The second kappa shape index (κ2) is 4.14. The average molecular weight is 143 g/mol. The van der Waals surface area contributed by atoms with E-state index in [-0.39, 0.29) is 0 Å². The lowest BCUT2D eigenvalue weighted by Crippen LogP contribution is -2.37. The van der Waals surface area contributed by atoms with Crippen LogP contribution in [-0.2, 0) is 0 Å². The van der Waals surface area contributed by atoms with E-state index in [1.54, 1.807) is 0 Å². The zero-order valence-corrected chi connectivity index (χ0v) is 7.55. The maximum atomic E-state index is 4.13. The maximum Gasteiger partial charge on any atom is 0.195 e. The van der Waals surface area contributed by atoms with Crippen molar-refractivity contribution in [1.82, 2.24) is 9.80 Å². The van der Waals surface area contributed by atoms with Gasteiger partial charge in [0.2, 0.25) is 0 Å². The third-order valence-electron chi connectivity index (χ3n) is 1.42. The minimum absolute atomic E-state index is 0.991. The van der Waals surface area contributed by atoms with Crippen LogP contribution < -0.4 is 0 Å². The van der Waals surface area contributed by atoms with Crippen LogP contribution >= 0.6 is 0 Å². The molecule has 0 spiro atoms. The van der Waals surface area contributed by atoms with Crippen LogP contribution in [0.4, 0.5) is 0 Å². The number of nitrogens with zero attached hydrogens (tertiary/aromatic N) is 3. The summed E-state index contributed by atoms with van der Waals surface area (Å²) in [6.07, 6.45) is 0. The van der Waals surface area contributed by atoms with Crippen molar-refractivity contribution in [3.63, 3.8) is 0 Å². The van der Waals surface area contributed by atoms with E-state index in [9.17, 15) is 0 Å². The van der Waals surface area contributed by atoms with Crippen molar-refractivity contribution in [3.05, 3.63) is 0 Å². The predicted molar refractivity (Wildman–Crippen MR) is 45.4 cm³/mol. The summed E-state index contributed by atoms with van der Waals surface area (Å²) in [5.74, 6) is 1.02. The molecule has 0 saturated carbocycles. The Kier molecular flexibility index (Phi) is 3.84. The molecule has 0 aromatic heterocycles. The molecular formula is C7H17N3. The molecule has 3 nitrogen and oxygen atoms in total. The lowest BCUT2D eigenvalue weighted by Gasteiger charge is -2.24.